The fourth-order valence-corrected chi connectivity index (χ4v) is 4.27. The molecule has 1 heterocycles. The minimum atomic E-state index is -3.48. The summed E-state index contributed by atoms with van der Waals surface area (Å²) < 4.78 is 26.4. The van der Waals surface area contributed by atoms with Gasteiger partial charge in [0, 0.05) is 31.6 Å². The summed E-state index contributed by atoms with van der Waals surface area (Å²) in [5, 5.41) is 4.50. The van der Waals surface area contributed by atoms with Crippen molar-refractivity contribution >= 4 is 39.3 Å². The molecule has 1 amide bonds. The molecule has 0 spiro atoms. The third kappa shape index (κ3) is 5.65. The zero-order valence-corrected chi connectivity index (χ0v) is 16.9. The molecule has 0 atom stereocenters. The van der Waals surface area contributed by atoms with E-state index in [4.69, 9.17) is 11.6 Å². The van der Waals surface area contributed by atoms with Gasteiger partial charge in [0.2, 0.25) is 15.9 Å². The fourth-order valence-electron chi connectivity index (χ4n) is 2.91. The van der Waals surface area contributed by atoms with E-state index in [9.17, 15) is 13.2 Å². The zero-order chi connectivity index (χ0) is 20.0. The van der Waals surface area contributed by atoms with Crippen molar-refractivity contribution in [1.29, 1.82) is 0 Å². The first-order valence-corrected chi connectivity index (χ1v) is 10.8. The Morgan fingerprint density at radius 3 is 2.32 bits per heavy atom. The lowest BCUT2D eigenvalue weighted by Gasteiger charge is -2.32. The largest absolute Gasteiger partial charge is 0.324 e. The molecule has 28 heavy (non-hydrogen) atoms. The lowest BCUT2D eigenvalue weighted by Crippen LogP contribution is -2.49. The smallest absolute Gasteiger partial charge is 0.238 e. The molecule has 1 saturated heterocycles. The summed E-state index contributed by atoms with van der Waals surface area (Å²) in [6, 6.07) is 16.3. The second-order valence-corrected chi connectivity index (χ2v) is 8.69. The van der Waals surface area contributed by atoms with Gasteiger partial charge in [-0.3, -0.25) is 9.69 Å². The van der Waals surface area contributed by atoms with Crippen molar-refractivity contribution < 1.29 is 13.2 Å². The number of nitrogens with one attached hydrogen (secondary N) is 1. The van der Waals surface area contributed by atoms with Crippen LogP contribution in [0.5, 0.6) is 0 Å². The quantitative estimate of drug-likeness (QED) is 0.781. The maximum atomic E-state index is 12.5. The number of halogens is 1. The van der Waals surface area contributed by atoms with E-state index in [1.807, 2.05) is 35.2 Å². The molecule has 0 aromatic heterocycles. The molecule has 3 rings (SSSR count). The highest BCUT2D eigenvalue weighted by Crippen LogP contribution is 2.20. The van der Waals surface area contributed by atoms with E-state index in [2.05, 4.69) is 5.32 Å². The molecule has 2 aromatic carbocycles. The summed E-state index contributed by atoms with van der Waals surface area (Å²) in [5.74, 6) is -0.173. The molecule has 1 fully saturated rings. The third-order valence-electron chi connectivity index (χ3n) is 4.44. The number of piperazine rings is 1. The summed E-state index contributed by atoms with van der Waals surface area (Å²) >= 11 is 6.05. The van der Waals surface area contributed by atoms with E-state index >= 15 is 0 Å². The van der Waals surface area contributed by atoms with E-state index in [1.54, 1.807) is 30.3 Å². The first-order chi connectivity index (χ1) is 13.4. The SMILES string of the molecule is O=C(CN1CCN(S(=O)(=O)/C=C\c2ccccc2)CC1)Nc1ccccc1Cl. The van der Waals surface area contributed by atoms with Gasteiger partial charge in [0.1, 0.15) is 0 Å². The van der Waals surface area contributed by atoms with E-state index in [1.165, 1.54) is 9.71 Å². The molecule has 1 N–H and O–H groups in total. The van der Waals surface area contributed by atoms with E-state index < -0.39 is 10.0 Å². The molecule has 0 unspecified atom stereocenters. The molecule has 0 bridgehead atoms. The summed E-state index contributed by atoms with van der Waals surface area (Å²) in [6.07, 6.45) is 1.60. The number of benzene rings is 2. The highest BCUT2D eigenvalue weighted by Gasteiger charge is 2.26. The maximum Gasteiger partial charge on any atom is 0.238 e. The molecule has 6 nitrogen and oxygen atoms in total. The second kappa shape index (κ2) is 9.34. The Morgan fingerprint density at radius 1 is 1.00 bits per heavy atom. The van der Waals surface area contributed by atoms with Crippen LogP contribution in [0, 0.1) is 0 Å². The van der Waals surface area contributed by atoms with Gasteiger partial charge < -0.3 is 5.32 Å². The van der Waals surface area contributed by atoms with Crippen LogP contribution in [0.4, 0.5) is 5.69 Å². The molecule has 0 radical (unpaired) electrons. The lowest BCUT2D eigenvalue weighted by molar-refractivity contribution is -0.117. The topological polar surface area (TPSA) is 69.7 Å². The van der Waals surface area contributed by atoms with E-state index in [0.29, 0.717) is 36.9 Å². The summed E-state index contributed by atoms with van der Waals surface area (Å²) in [7, 11) is -3.48. The molecular formula is C20H22ClN3O3S. The zero-order valence-electron chi connectivity index (χ0n) is 15.3. The minimum absolute atomic E-state index is 0.173. The van der Waals surface area contributed by atoms with Crippen molar-refractivity contribution in [3.63, 3.8) is 0 Å². The Kier molecular flexibility index (Phi) is 6.85. The van der Waals surface area contributed by atoms with Crippen molar-refractivity contribution in [2.75, 3.05) is 38.0 Å². The first kappa shape index (κ1) is 20.5. The Balaban J connectivity index is 1.50. The fraction of sp³-hybridized carbons (Fsp3) is 0.250. The average molecular weight is 420 g/mol. The number of rotatable bonds is 6. The normalized spacial score (nSPS) is 16.3. The number of carbonyl (C=O) groups excluding carboxylic acids is 1. The second-order valence-electron chi connectivity index (χ2n) is 6.46. The molecule has 8 heteroatoms. The van der Waals surface area contributed by atoms with Crippen molar-refractivity contribution in [2.45, 2.75) is 0 Å². The van der Waals surface area contributed by atoms with Crippen LogP contribution in [-0.4, -0.2) is 56.3 Å². The standard InChI is InChI=1S/C20H22ClN3O3S/c21-18-8-4-5-9-19(18)22-20(25)16-23-11-13-24(14-12-23)28(26,27)15-10-17-6-2-1-3-7-17/h1-10,15H,11-14,16H2,(H,22,25)/b15-10-. The summed E-state index contributed by atoms with van der Waals surface area (Å²) in [4.78, 5) is 14.1. The molecule has 1 aliphatic heterocycles. The lowest BCUT2D eigenvalue weighted by atomic mass is 10.2. The highest BCUT2D eigenvalue weighted by molar-refractivity contribution is 7.92. The van der Waals surface area contributed by atoms with Gasteiger partial charge in [-0.25, -0.2) is 8.42 Å². The number of nitrogens with zero attached hydrogens (tertiary/aromatic N) is 2. The summed E-state index contributed by atoms with van der Waals surface area (Å²) in [5.41, 5.74) is 1.40. The van der Waals surface area contributed by atoms with Gasteiger partial charge in [0.15, 0.2) is 0 Å². The van der Waals surface area contributed by atoms with Crippen LogP contribution in [-0.2, 0) is 14.8 Å². The van der Waals surface area contributed by atoms with Crippen molar-refractivity contribution in [3.05, 3.63) is 70.6 Å². The van der Waals surface area contributed by atoms with Crippen LogP contribution in [0.3, 0.4) is 0 Å². The van der Waals surface area contributed by atoms with Gasteiger partial charge >= 0.3 is 0 Å². The van der Waals surface area contributed by atoms with Gasteiger partial charge in [0.25, 0.3) is 0 Å². The average Bonchev–Trinajstić information content (AvgIpc) is 2.69. The number of amides is 1. The minimum Gasteiger partial charge on any atom is -0.324 e. The molecule has 148 valence electrons. The van der Waals surface area contributed by atoms with Crippen LogP contribution in [0.1, 0.15) is 5.56 Å². The maximum absolute atomic E-state index is 12.5. The Labute approximate surface area is 170 Å². The predicted molar refractivity (Wildman–Crippen MR) is 112 cm³/mol. The first-order valence-electron chi connectivity index (χ1n) is 8.94. The van der Waals surface area contributed by atoms with Gasteiger partial charge in [-0.05, 0) is 23.8 Å². The molecule has 0 saturated carbocycles. The Morgan fingerprint density at radius 2 is 1.64 bits per heavy atom. The number of sulfonamides is 1. The van der Waals surface area contributed by atoms with Gasteiger partial charge in [-0.1, -0.05) is 54.1 Å². The van der Waals surface area contributed by atoms with Gasteiger partial charge in [-0.15, -0.1) is 0 Å². The Hall–Kier alpha value is -2.19. The van der Waals surface area contributed by atoms with Gasteiger partial charge in [0.05, 0.1) is 17.3 Å². The van der Waals surface area contributed by atoms with E-state index in [-0.39, 0.29) is 12.5 Å². The third-order valence-corrected chi connectivity index (χ3v) is 6.33. The molecule has 1 aliphatic rings. The van der Waals surface area contributed by atoms with Crippen LogP contribution < -0.4 is 5.32 Å². The van der Waals surface area contributed by atoms with Crippen molar-refractivity contribution in [2.24, 2.45) is 0 Å². The van der Waals surface area contributed by atoms with Crippen LogP contribution in [0.15, 0.2) is 60.0 Å². The van der Waals surface area contributed by atoms with Crippen LogP contribution >= 0.6 is 11.6 Å². The van der Waals surface area contributed by atoms with E-state index in [0.717, 1.165) is 5.56 Å². The van der Waals surface area contributed by atoms with Crippen molar-refractivity contribution in [3.8, 4) is 0 Å². The molecular weight excluding hydrogens is 398 g/mol. The number of anilines is 1. The van der Waals surface area contributed by atoms with Crippen molar-refractivity contribution in [1.82, 2.24) is 9.21 Å². The number of carbonyl (C=O) groups is 1. The highest BCUT2D eigenvalue weighted by atomic mass is 35.5. The summed E-state index contributed by atoms with van der Waals surface area (Å²) in [6.45, 7) is 1.88. The number of para-hydroxylation sites is 1. The Bertz CT molecular complexity index is 940. The van der Waals surface area contributed by atoms with Gasteiger partial charge in [-0.2, -0.15) is 4.31 Å². The molecule has 0 aliphatic carbocycles. The van der Waals surface area contributed by atoms with Crippen LogP contribution in [0.25, 0.3) is 6.08 Å². The van der Waals surface area contributed by atoms with Crippen LogP contribution in [0.2, 0.25) is 5.02 Å². The predicted octanol–water partition coefficient (Wildman–Crippen LogP) is 2.90. The number of hydrogen-bond donors (Lipinski definition) is 1. The monoisotopic (exact) mass is 419 g/mol. The number of hydrogen-bond acceptors (Lipinski definition) is 4. The molecule has 2 aromatic rings.